The maximum Gasteiger partial charge on any atom is 0.356 e. The molecule has 0 bridgehead atoms. The summed E-state index contributed by atoms with van der Waals surface area (Å²) in [5, 5.41) is 2.08. The standard InChI is InChI=1S/C17H18N2O3/c1-4-22-9-11-6-5-7-12-15(11)14-10(2)16(17(20)21-3)18-8-13(14)19-12/h5-8,19H,4,9H2,1-3H3. The number of esters is 1. The molecule has 114 valence electrons. The molecule has 5 heteroatoms. The Morgan fingerprint density at radius 2 is 2.09 bits per heavy atom. The Balaban J connectivity index is 2.32. The second kappa shape index (κ2) is 5.77. The molecule has 2 aromatic heterocycles. The second-order valence-corrected chi connectivity index (χ2v) is 5.11. The van der Waals surface area contributed by atoms with Crippen LogP contribution in [0.25, 0.3) is 21.8 Å². The van der Waals surface area contributed by atoms with E-state index in [1.165, 1.54) is 7.11 Å². The summed E-state index contributed by atoms with van der Waals surface area (Å²) in [5.41, 5.74) is 4.18. The van der Waals surface area contributed by atoms with E-state index >= 15 is 0 Å². The molecule has 0 aliphatic rings. The molecule has 1 N–H and O–H groups in total. The van der Waals surface area contributed by atoms with Crippen LogP contribution in [0, 0.1) is 6.92 Å². The van der Waals surface area contributed by atoms with Gasteiger partial charge in [-0.25, -0.2) is 9.78 Å². The number of hydrogen-bond acceptors (Lipinski definition) is 4. The summed E-state index contributed by atoms with van der Waals surface area (Å²) in [4.78, 5) is 19.5. The highest BCUT2D eigenvalue weighted by molar-refractivity contribution is 6.12. The predicted molar refractivity (Wildman–Crippen MR) is 85.0 cm³/mol. The third-order valence-electron chi connectivity index (χ3n) is 3.83. The summed E-state index contributed by atoms with van der Waals surface area (Å²) >= 11 is 0. The number of benzene rings is 1. The highest BCUT2D eigenvalue weighted by Crippen LogP contribution is 2.32. The zero-order valence-corrected chi connectivity index (χ0v) is 12.9. The van der Waals surface area contributed by atoms with E-state index in [4.69, 9.17) is 9.47 Å². The SMILES string of the molecule is CCOCc1cccc2[nH]c3cnc(C(=O)OC)c(C)c3c12. The molecule has 0 saturated heterocycles. The second-order valence-electron chi connectivity index (χ2n) is 5.11. The molecule has 3 rings (SSSR count). The van der Waals surface area contributed by atoms with Crippen LogP contribution < -0.4 is 0 Å². The number of aromatic amines is 1. The molecule has 0 atom stereocenters. The quantitative estimate of drug-likeness (QED) is 0.750. The maximum atomic E-state index is 11.9. The van der Waals surface area contributed by atoms with Crippen molar-refractivity contribution in [1.82, 2.24) is 9.97 Å². The number of aryl methyl sites for hydroxylation is 1. The Bertz CT molecular complexity index is 852. The van der Waals surface area contributed by atoms with Gasteiger partial charge in [-0.05, 0) is 31.0 Å². The van der Waals surface area contributed by atoms with Crippen LogP contribution >= 0.6 is 0 Å². The van der Waals surface area contributed by atoms with Crippen molar-refractivity contribution in [3.05, 3.63) is 41.2 Å². The van der Waals surface area contributed by atoms with Gasteiger partial charge < -0.3 is 14.5 Å². The zero-order chi connectivity index (χ0) is 15.7. The summed E-state index contributed by atoms with van der Waals surface area (Å²) in [6.45, 7) is 5.06. The molecule has 3 aromatic rings. The number of carbonyl (C=O) groups is 1. The largest absolute Gasteiger partial charge is 0.464 e. The molecule has 0 spiro atoms. The van der Waals surface area contributed by atoms with Crippen molar-refractivity contribution in [2.45, 2.75) is 20.5 Å². The topological polar surface area (TPSA) is 64.2 Å². The van der Waals surface area contributed by atoms with Crippen LogP contribution in [-0.2, 0) is 16.1 Å². The van der Waals surface area contributed by atoms with Crippen molar-refractivity contribution in [1.29, 1.82) is 0 Å². The monoisotopic (exact) mass is 298 g/mol. The minimum atomic E-state index is -0.420. The number of pyridine rings is 1. The first-order valence-corrected chi connectivity index (χ1v) is 7.22. The van der Waals surface area contributed by atoms with E-state index in [0.717, 1.165) is 32.9 Å². The number of methoxy groups -OCH3 is 1. The molecule has 0 radical (unpaired) electrons. The first kappa shape index (κ1) is 14.5. The molecule has 2 heterocycles. The van der Waals surface area contributed by atoms with Crippen LogP contribution in [0.2, 0.25) is 0 Å². The van der Waals surface area contributed by atoms with Crippen molar-refractivity contribution < 1.29 is 14.3 Å². The smallest absolute Gasteiger partial charge is 0.356 e. The van der Waals surface area contributed by atoms with Crippen LogP contribution in [0.5, 0.6) is 0 Å². The minimum Gasteiger partial charge on any atom is -0.464 e. The van der Waals surface area contributed by atoms with Gasteiger partial charge in [-0.15, -0.1) is 0 Å². The Labute approximate surface area is 128 Å². The predicted octanol–water partition coefficient (Wildman–Crippen LogP) is 3.35. The summed E-state index contributed by atoms with van der Waals surface area (Å²) < 4.78 is 10.4. The number of carbonyl (C=O) groups excluding carboxylic acids is 1. The highest BCUT2D eigenvalue weighted by Gasteiger charge is 2.18. The van der Waals surface area contributed by atoms with E-state index in [1.54, 1.807) is 6.20 Å². The van der Waals surface area contributed by atoms with Gasteiger partial charge in [0.25, 0.3) is 0 Å². The van der Waals surface area contributed by atoms with E-state index in [1.807, 2.05) is 32.0 Å². The van der Waals surface area contributed by atoms with Gasteiger partial charge in [0.15, 0.2) is 5.69 Å². The van der Waals surface area contributed by atoms with Gasteiger partial charge in [-0.2, -0.15) is 0 Å². The van der Waals surface area contributed by atoms with Gasteiger partial charge in [0.05, 0.1) is 25.4 Å². The lowest BCUT2D eigenvalue weighted by Crippen LogP contribution is -2.06. The third-order valence-corrected chi connectivity index (χ3v) is 3.83. The summed E-state index contributed by atoms with van der Waals surface area (Å²) in [7, 11) is 1.36. The van der Waals surface area contributed by atoms with Crippen LogP contribution in [0.3, 0.4) is 0 Å². The molecule has 22 heavy (non-hydrogen) atoms. The molecule has 0 fully saturated rings. The number of ether oxygens (including phenoxy) is 2. The molecule has 0 saturated carbocycles. The van der Waals surface area contributed by atoms with Crippen LogP contribution in [0.4, 0.5) is 0 Å². The van der Waals surface area contributed by atoms with E-state index in [9.17, 15) is 4.79 Å². The van der Waals surface area contributed by atoms with E-state index in [0.29, 0.717) is 18.9 Å². The molecular formula is C17H18N2O3. The average molecular weight is 298 g/mol. The summed E-state index contributed by atoms with van der Waals surface area (Å²) in [6.07, 6.45) is 1.68. The van der Waals surface area contributed by atoms with E-state index < -0.39 is 5.97 Å². The molecule has 0 aliphatic carbocycles. The lowest BCUT2D eigenvalue weighted by Gasteiger charge is -2.07. The molecule has 0 amide bonds. The molecule has 1 aromatic carbocycles. The lowest BCUT2D eigenvalue weighted by atomic mass is 10.0. The van der Waals surface area contributed by atoms with E-state index in [2.05, 4.69) is 9.97 Å². The first-order chi connectivity index (χ1) is 10.7. The number of fused-ring (bicyclic) bond motifs is 3. The fourth-order valence-electron chi connectivity index (χ4n) is 2.81. The van der Waals surface area contributed by atoms with Crippen molar-refractivity contribution in [2.24, 2.45) is 0 Å². The zero-order valence-electron chi connectivity index (χ0n) is 12.9. The molecule has 5 nitrogen and oxygen atoms in total. The van der Waals surface area contributed by atoms with Gasteiger partial charge in [-0.3, -0.25) is 0 Å². The minimum absolute atomic E-state index is 0.349. The van der Waals surface area contributed by atoms with Crippen LogP contribution in [0.1, 0.15) is 28.5 Å². The number of hydrogen-bond donors (Lipinski definition) is 1. The fourth-order valence-corrected chi connectivity index (χ4v) is 2.81. The van der Waals surface area contributed by atoms with Crippen molar-refractivity contribution in [2.75, 3.05) is 13.7 Å². The molecular weight excluding hydrogens is 280 g/mol. The van der Waals surface area contributed by atoms with Gasteiger partial charge in [0.2, 0.25) is 0 Å². The van der Waals surface area contributed by atoms with Gasteiger partial charge in [0.1, 0.15) is 0 Å². The lowest BCUT2D eigenvalue weighted by molar-refractivity contribution is 0.0593. The number of H-pyrrole nitrogens is 1. The maximum absolute atomic E-state index is 11.9. The van der Waals surface area contributed by atoms with Gasteiger partial charge >= 0.3 is 5.97 Å². The van der Waals surface area contributed by atoms with Gasteiger partial charge in [0, 0.05) is 22.9 Å². The molecule has 0 aliphatic heterocycles. The third kappa shape index (κ3) is 2.23. The number of nitrogens with zero attached hydrogens (tertiary/aromatic N) is 1. The first-order valence-electron chi connectivity index (χ1n) is 7.22. The Hall–Kier alpha value is -2.40. The van der Waals surface area contributed by atoms with Crippen LogP contribution in [0.15, 0.2) is 24.4 Å². The Morgan fingerprint density at radius 3 is 2.82 bits per heavy atom. The van der Waals surface area contributed by atoms with Crippen molar-refractivity contribution >= 4 is 27.8 Å². The number of aromatic nitrogens is 2. The van der Waals surface area contributed by atoms with E-state index in [-0.39, 0.29) is 0 Å². The highest BCUT2D eigenvalue weighted by atomic mass is 16.5. The van der Waals surface area contributed by atoms with Gasteiger partial charge in [-0.1, -0.05) is 12.1 Å². The normalized spacial score (nSPS) is 11.2. The summed E-state index contributed by atoms with van der Waals surface area (Å²) in [5.74, 6) is -0.420. The molecule has 0 unspecified atom stereocenters. The number of rotatable bonds is 4. The fraction of sp³-hybridized carbons (Fsp3) is 0.294. The summed E-state index contributed by atoms with van der Waals surface area (Å²) in [6, 6.07) is 6.06. The van der Waals surface area contributed by atoms with Crippen molar-refractivity contribution in [3.8, 4) is 0 Å². The number of nitrogens with one attached hydrogen (secondary N) is 1. The Morgan fingerprint density at radius 1 is 1.27 bits per heavy atom. The van der Waals surface area contributed by atoms with Crippen molar-refractivity contribution in [3.63, 3.8) is 0 Å². The van der Waals surface area contributed by atoms with Crippen LogP contribution in [-0.4, -0.2) is 29.7 Å². The Kier molecular flexibility index (Phi) is 3.81. The average Bonchev–Trinajstić information content (AvgIpc) is 2.92.